The zero-order valence-electron chi connectivity index (χ0n) is 12.9. The number of methoxy groups -OCH3 is 1. The van der Waals surface area contributed by atoms with E-state index in [1.165, 1.54) is 0 Å². The van der Waals surface area contributed by atoms with Gasteiger partial charge in [-0.3, -0.25) is 4.68 Å². The lowest BCUT2D eigenvalue weighted by Gasteiger charge is -2.12. The minimum absolute atomic E-state index is 0.507. The summed E-state index contributed by atoms with van der Waals surface area (Å²) >= 11 is 0. The monoisotopic (exact) mass is 311 g/mol. The zero-order valence-corrected chi connectivity index (χ0v) is 12.9. The lowest BCUT2D eigenvalue weighted by molar-refractivity contribution is 0.412. The van der Waals surface area contributed by atoms with Crippen LogP contribution in [0.3, 0.4) is 0 Å². The molecule has 0 aliphatic carbocycles. The van der Waals surface area contributed by atoms with E-state index in [1.807, 2.05) is 43.4 Å². The normalized spacial score (nSPS) is 10.3. The number of hydrogen-bond donors (Lipinski definition) is 1. The van der Waals surface area contributed by atoms with Gasteiger partial charge in [-0.25, -0.2) is 4.98 Å². The molecule has 0 aliphatic heterocycles. The summed E-state index contributed by atoms with van der Waals surface area (Å²) in [5.74, 6) is 1.97. The molecule has 0 radical (unpaired) electrons. The maximum Gasteiger partial charge on any atom is 0.242 e. The molecule has 0 aliphatic rings. The highest BCUT2D eigenvalue weighted by Gasteiger charge is 2.07. The van der Waals surface area contributed by atoms with E-state index in [0.29, 0.717) is 18.2 Å². The van der Waals surface area contributed by atoms with E-state index >= 15 is 0 Å². The third-order valence-electron chi connectivity index (χ3n) is 3.31. The minimum atomic E-state index is 0.507. The summed E-state index contributed by atoms with van der Waals surface area (Å²) in [6.45, 7) is 0.578. The van der Waals surface area contributed by atoms with Crippen LogP contribution in [0.1, 0.15) is 5.69 Å². The number of hydrogen-bond acceptors (Lipinski definition) is 6. The molecule has 118 valence electrons. The van der Waals surface area contributed by atoms with Crippen LogP contribution in [0.5, 0.6) is 17.4 Å². The van der Waals surface area contributed by atoms with E-state index < -0.39 is 0 Å². The molecule has 3 aromatic rings. The van der Waals surface area contributed by atoms with E-state index in [0.717, 1.165) is 17.1 Å². The first-order valence-electron chi connectivity index (χ1n) is 7.10. The van der Waals surface area contributed by atoms with E-state index in [1.54, 1.807) is 24.2 Å². The first-order chi connectivity index (χ1) is 11.3. The molecule has 1 aromatic carbocycles. The number of aryl methyl sites for hydroxylation is 1. The number of nitrogens with zero attached hydrogens (tertiary/aromatic N) is 4. The molecule has 7 heteroatoms. The number of nitrogens with one attached hydrogen (secondary N) is 1. The van der Waals surface area contributed by atoms with Crippen molar-refractivity contribution in [2.45, 2.75) is 6.54 Å². The molecule has 1 N–H and O–H groups in total. The van der Waals surface area contributed by atoms with Gasteiger partial charge in [0.15, 0.2) is 0 Å². The smallest absolute Gasteiger partial charge is 0.242 e. The third-order valence-corrected chi connectivity index (χ3v) is 3.31. The van der Waals surface area contributed by atoms with Crippen LogP contribution in [-0.2, 0) is 13.6 Å². The molecule has 2 heterocycles. The van der Waals surface area contributed by atoms with Crippen molar-refractivity contribution in [2.75, 3.05) is 12.4 Å². The Labute approximate surface area is 133 Å². The summed E-state index contributed by atoms with van der Waals surface area (Å²) in [7, 11) is 3.48. The Morgan fingerprint density at radius 3 is 2.61 bits per heavy atom. The summed E-state index contributed by atoms with van der Waals surface area (Å²) in [4.78, 5) is 4.28. The molecule has 2 aromatic heterocycles. The largest absolute Gasteiger partial charge is 0.497 e. The lowest BCUT2D eigenvalue weighted by atomic mass is 10.3. The predicted octanol–water partition coefficient (Wildman–Crippen LogP) is 2.62. The molecule has 0 atom stereocenters. The number of ether oxygens (including phenoxy) is 2. The fraction of sp³-hybridized carbons (Fsp3) is 0.188. The summed E-state index contributed by atoms with van der Waals surface area (Å²) < 4.78 is 12.7. The van der Waals surface area contributed by atoms with E-state index in [9.17, 15) is 0 Å². The molecule has 7 nitrogen and oxygen atoms in total. The van der Waals surface area contributed by atoms with Crippen molar-refractivity contribution in [1.29, 1.82) is 0 Å². The van der Waals surface area contributed by atoms with Crippen LogP contribution in [0, 0.1) is 0 Å². The number of benzene rings is 1. The van der Waals surface area contributed by atoms with Crippen LogP contribution in [0.4, 0.5) is 5.69 Å². The van der Waals surface area contributed by atoms with E-state index in [2.05, 4.69) is 20.6 Å². The fourth-order valence-corrected chi connectivity index (χ4v) is 2.02. The van der Waals surface area contributed by atoms with Crippen molar-refractivity contribution < 1.29 is 9.47 Å². The van der Waals surface area contributed by atoms with Gasteiger partial charge in [-0.15, -0.1) is 5.10 Å². The Bertz CT molecular complexity index is 770. The summed E-state index contributed by atoms with van der Waals surface area (Å²) in [6, 6.07) is 11.1. The van der Waals surface area contributed by atoms with Gasteiger partial charge in [-0.05, 0) is 36.4 Å². The Balaban J connectivity index is 1.73. The molecule has 0 unspecified atom stereocenters. The van der Waals surface area contributed by atoms with Crippen molar-refractivity contribution in [2.24, 2.45) is 7.05 Å². The first-order valence-corrected chi connectivity index (χ1v) is 7.10. The topological polar surface area (TPSA) is 74.1 Å². The minimum Gasteiger partial charge on any atom is -0.497 e. The van der Waals surface area contributed by atoms with E-state index in [4.69, 9.17) is 9.47 Å². The summed E-state index contributed by atoms with van der Waals surface area (Å²) in [6.07, 6.45) is 3.41. The molecule has 0 spiro atoms. The van der Waals surface area contributed by atoms with Crippen LogP contribution in [0.15, 0.2) is 48.8 Å². The van der Waals surface area contributed by atoms with Gasteiger partial charge in [0.25, 0.3) is 0 Å². The number of anilines is 1. The Morgan fingerprint density at radius 1 is 1.13 bits per heavy atom. The van der Waals surface area contributed by atoms with Crippen molar-refractivity contribution in [3.63, 3.8) is 0 Å². The fourth-order valence-electron chi connectivity index (χ4n) is 2.02. The third kappa shape index (κ3) is 3.57. The van der Waals surface area contributed by atoms with Gasteiger partial charge in [0, 0.05) is 13.2 Å². The lowest BCUT2D eigenvalue weighted by Crippen LogP contribution is -2.06. The highest BCUT2D eigenvalue weighted by molar-refractivity contribution is 5.53. The number of rotatable bonds is 6. The molecule has 0 fully saturated rings. The summed E-state index contributed by atoms with van der Waals surface area (Å²) in [5, 5.41) is 11.0. The second-order valence-electron chi connectivity index (χ2n) is 4.84. The number of aromatic nitrogens is 4. The van der Waals surface area contributed by atoms with Gasteiger partial charge < -0.3 is 14.8 Å². The van der Waals surface area contributed by atoms with Gasteiger partial charge in [-0.1, -0.05) is 5.21 Å². The van der Waals surface area contributed by atoms with Crippen LogP contribution < -0.4 is 14.8 Å². The van der Waals surface area contributed by atoms with Gasteiger partial charge in [0.1, 0.15) is 11.5 Å². The second-order valence-corrected chi connectivity index (χ2v) is 4.84. The molecule has 0 saturated heterocycles. The van der Waals surface area contributed by atoms with Gasteiger partial charge in [-0.2, -0.15) is 0 Å². The molecule has 0 saturated carbocycles. The second kappa shape index (κ2) is 6.78. The average molecular weight is 311 g/mol. The van der Waals surface area contributed by atoms with Crippen LogP contribution >= 0.6 is 0 Å². The maximum atomic E-state index is 5.84. The first kappa shape index (κ1) is 14.8. The SMILES string of the molecule is COc1ccc(Oc2ncccc2NCc2cnnn2C)cc1. The molecular formula is C16H17N5O2. The zero-order chi connectivity index (χ0) is 16.1. The Morgan fingerprint density at radius 2 is 1.91 bits per heavy atom. The predicted molar refractivity (Wildman–Crippen MR) is 85.6 cm³/mol. The van der Waals surface area contributed by atoms with Crippen LogP contribution in [0.2, 0.25) is 0 Å². The van der Waals surface area contributed by atoms with Gasteiger partial charge in [0.2, 0.25) is 5.88 Å². The van der Waals surface area contributed by atoms with Gasteiger partial charge in [0.05, 0.1) is 31.2 Å². The molecular weight excluding hydrogens is 294 g/mol. The molecule has 0 amide bonds. The number of pyridine rings is 1. The molecule has 3 rings (SSSR count). The van der Waals surface area contributed by atoms with Crippen LogP contribution in [-0.4, -0.2) is 27.1 Å². The van der Waals surface area contributed by atoms with Gasteiger partial charge >= 0.3 is 0 Å². The Hall–Kier alpha value is -3.09. The van der Waals surface area contributed by atoms with Crippen molar-refractivity contribution in [1.82, 2.24) is 20.0 Å². The highest BCUT2D eigenvalue weighted by Crippen LogP contribution is 2.28. The average Bonchev–Trinajstić information content (AvgIpc) is 3.00. The van der Waals surface area contributed by atoms with Crippen molar-refractivity contribution in [3.8, 4) is 17.4 Å². The van der Waals surface area contributed by atoms with Crippen molar-refractivity contribution >= 4 is 5.69 Å². The standard InChI is InChI=1S/C16H17N5O2/c1-21-12(11-19-20-21)10-18-15-4-3-9-17-16(15)23-14-7-5-13(22-2)6-8-14/h3-9,11,18H,10H2,1-2H3. The van der Waals surface area contributed by atoms with E-state index in [-0.39, 0.29) is 0 Å². The quantitative estimate of drug-likeness (QED) is 0.754. The summed E-state index contributed by atoms with van der Waals surface area (Å²) in [5.41, 5.74) is 1.76. The molecule has 23 heavy (non-hydrogen) atoms. The Kier molecular flexibility index (Phi) is 4.37. The highest BCUT2D eigenvalue weighted by atomic mass is 16.5. The molecule has 0 bridgehead atoms. The van der Waals surface area contributed by atoms with Crippen LogP contribution in [0.25, 0.3) is 0 Å². The maximum absolute atomic E-state index is 5.84. The van der Waals surface area contributed by atoms with Crippen molar-refractivity contribution in [3.05, 3.63) is 54.5 Å².